The second-order valence-corrected chi connectivity index (χ2v) is 7.93. The van der Waals surface area contributed by atoms with Crippen molar-refractivity contribution < 1.29 is 23.8 Å². The zero-order chi connectivity index (χ0) is 22.4. The van der Waals surface area contributed by atoms with Crippen LogP contribution in [-0.2, 0) is 23.8 Å². The number of hydrogen-bond acceptors (Lipinski definition) is 5. The molecular weight excluding hydrogens is 392 g/mol. The molecule has 0 spiro atoms. The first-order valence-corrected chi connectivity index (χ1v) is 10.5. The van der Waals surface area contributed by atoms with Crippen molar-refractivity contribution >= 4 is 11.9 Å². The second-order valence-electron chi connectivity index (χ2n) is 7.93. The first-order valence-electron chi connectivity index (χ1n) is 10.5. The minimum absolute atomic E-state index is 0.0160. The van der Waals surface area contributed by atoms with E-state index in [1.54, 1.807) is 0 Å². The van der Waals surface area contributed by atoms with Gasteiger partial charge in [0.1, 0.15) is 18.8 Å². The van der Waals surface area contributed by atoms with E-state index in [4.69, 9.17) is 14.2 Å². The van der Waals surface area contributed by atoms with Gasteiger partial charge in [0.25, 0.3) is 0 Å². The molecule has 5 nitrogen and oxygen atoms in total. The highest BCUT2D eigenvalue weighted by atomic mass is 16.6. The second kappa shape index (κ2) is 10.3. The van der Waals surface area contributed by atoms with Crippen molar-refractivity contribution in [2.24, 2.45) is 11.8 Å². The van der Waals surface area contributed by atoms with E-state index in [-0.39, 0.29) is 36.5 Å². The predicted molar refractivity (Wildman–Crippen MR) is 117 cm³/mol. The Hall–Kier alpha value is -3.10. The van der Waals surface area contributed by atoms with Gasteiger partial charge in [0.2, 0.25) is 0 Å². The average Bonchev–Trinajstić information content (AvgIpc) is 2.75. The van der Waals surface area contributed by atoms with Crippen molar-refractivity contribution in [3.8, 4) is 11.8 Å². The van der Waals surface area contributed by atoms with E-state index in [1.165, 1.54) is 13.8 Å². The minimum Gasteiger partial charge on any atom is -0.463 e. The van der Waals surface area contributed by atoms with Crippen LogP contribution in [0.4, 0.5) is 0 Å². The molecule has 162 valence electrons. The van der Waals surface area contributed by atoms with Crippen molar-refractivity contribution in [3.05, 3.63) is 71.3 Å². The van der Waals surface area contributed by atoms with Crippen molar-refractivity contribution in [1.29, 1.82) is 0 Å². The number of hydrogen-bond donors (Lipinski definition) is 0. The van der Waals surface area contributed by atoms with E-state index in [0.717, 1.165) is 16.7 Å². The molecule has 1 fully saturated rings. The van der Waals surface area contributed by atoms with Crippen LogP contribution >= 0.6 is 0 Å². The van der Waals surface area contributed by atoms with Gasteiger partial charge in [0.15, 0.2) is 0 Å². The molecule has 3 rings (SSSR count). The standard InChI is InChI=1S/C26H28O5/c1-17-18(2)25(30-20(4)28)26(31-24(17)16-29-19(3)27)23-12-8-11-22(15-23)14-13-21-9-6-5-7-10-21/h5-12,15,17-18,24-26H,16H2,1-4H3/t17-,18-,24+,25-,26+/m0/s1. The van der Waals surface area contributed by atoms with Crippen LogP contribution in [0, 0.1) is 23.7 Å². The largest absolute Gasteiger partial charge is 0.463 e. The summed E-state index contributed by atoms with van der Waals surface area (Å²) < 4.78 is 17.2. The molecule has 1 heterocycles. The van der Waals surface area contributed by atoms with Crippen LogP contribution in [0.15, 0.2) is 54.6 Å². The first-order chi connectivity index (χ1) is 14.8. The van der Waals surface area contributed by atoms with Crippen molar-refractivity contribution in [1.82, 2.24) is 0 Å². The summed E-state index contributed by atoms with van der Waals surface area (Å²) in [6.07, 6.45) is -1.22. The Morgan fingerprint density at radius 1 is 0.903 bits per heavy atom. The molecule has 5 heteroatoms. The number of benzene rings is 2. The van der Waals surface area contributed by atoms with E-state index in [1.807, 2.05) is 68.4 Å². The Morgan fingerprint density at radius 2 is 1.58 bits per heavy atom. The Morgan fingerprint density at radius 3 is 2.26 bits per heavy atom. The molecule has 31 heavy (non-hydrogen) atoms. The lowest BCUT2D eigenvalue weighted by molar-refractivity contribution is -0.205. The van der Waals surface area contributed by atoms with Crippen LogP contribution in [0.2, 0.25) is 0 Å². The third kappa shape index (κ3) is 5.96. The molecule has 0 unspecified atom stereocenters. The maximum Gasteiger partial charge on any atom is 0.303 e. The summed E-state index contributed by atoms with van der Waals surface area (Å²) in [5, 5.41) is 0. The van der Waals surface area contributed by atoms with Gasteiger partial charge in [-0.1, -0.05) is 56.0 Å². The molecule has 0 bridgehead atoms. The number of esters is 2. The molecule has 1 aliphatic rings. The molecule has 2 aromatic carbocycles. The Kier molecular flexibility index (Phi) is 7.49. The van der Waals surface area contributed by atoms with Gasteiger partial charge in [-0.25, -0.2) is 0 Å². The van der Waals surface area contributed by atoms with Crippen LogP contribution in [0.1, 0.15) is 50.5 Å². The number of carbonyl (C=O) groups is 2. The smallest absolute Gasteiger partial charge is 0.303 e. The van der Waals surface area contributed by atoms with Crippen molar-refractivity contribution in [2.45, 2.75) is 46.0 Å². The lowest BCUT2D eigenvalue weighted by atomic mass is 9.79. The first kappa shape index (κ1) is 22.6. The maximum absolute atomic E-state index is 11.8. The molecule has 0 aliphatic carbocycles. The molecule has 2 aromatic rings. The lowest BCUT2D eigenvalue weighted by Gasteiger charge is -2.44. The average molecular weight is 421 g/mol. The molecule has 0 N–H and O–H groups in total. The van der Waals surface area contributed by atoms with E-state index in [0.29, 0.717) is 0 Å². The number of carbonyl (C=O) groups excluding carboxylic acids is 2. The Labute approximate surface area is 183 Å². The summed E-state index contributed by atoms with van der Waals surface area (Å²) in [4.78, 5) is 23.1. The summed E-state index contributed by atoms with van der Waals surface area (Å²) in [5.41, 5.74) is 2.65. The molecule has 1 aliphatic heterocycles. The van der Waals surface area contributed by atoms with E-state index in [2.05, 4.69) is 11.8 Å². The fraction of sp³-hybridized carbons (Fsp3) is 0.385. The molecule has 0 aromatic heterocycles. The SMILES string of the molecule is CC(=O)OC[C@H]1O[C@H](c2cccc(C#Cc3ccccc3)c2)[C@@H](OC(C)=O)[C@@H](C)[C@@H]1C. The van der Waals surface area contributed by atoms with E-state index >= 15 is 0 Å². The highest BCUT2D eigenvalue weighted by Crippen LogP contribution is 2.40. The van der Waals surface area contributed by atoms with Gasteiger partial charge >= 0.3 is 11.9 Å². The topological polar surface area (TPSA) is 61.8 Å². The van der Waals surface area contributed by atoms with Crippen molar-refractivity contribution in [3.63, 3.8) is 0 Å². The van der Waals surface area contributed by atoms with Crippen LogP contribution in [0.5, 0.6) is 0 Å². The molecule has 0 amide bonds. The molecular formula is C26H28O5. The van der Waals surface area contributed by atoms with Crippen LogP contribution < -0.4 is 0 Å². The normalized spacial score (nSPS) is 25.1. The Bertz CT molecular complexity index is 970. The summed E-state index contributed by atoms with van der Waals surface area (Å²) in [5.74, 6) is 5.70. The monoisotopic (exact) mass is 420 g/mol. The molecule has 5 atom stereocenters. The van der Waals surface area contributed by atoms with Gasteiger partial charge in [-0.05, 0) is 35.7 Å². The fourth-order valence-electron chi connectivity index (χ4n) is 3.78. The summed E-state index contributed by atoms with van der Waals surface area (Å²) in [6.45, 7) is 7.00. The lowest BCUT2D eigenvalue weighted by Crippen LogP contribution is -2.48. The zero-order valence-electron chi connectivity index (χ0n) is 18.3. The highest BCUT2D eigenvalue weighted by Gasteiger charge is 2.44. The van der Waals surface area contributed by atoms with Gasteiger partial charge in [0, 0.05) is 30.9 Å². The van der Waals surface area contributed by atoms with Crippen LogP contribution in [-0.4, -0.2) is 30.8 Å². The molecule has 0 radical (unpaired) electrons. The number of rotatable bonds is 4. The Balaban J connectivity index is 1.89. The van der Waals surface area contributed by atoms with Gasteiger partial charge in [-0.15, -0.1) is 0 Å². The summed E-state index contributed by atoms with van der Waals surface area (Å²) >= 11 is 0. The maximum atomic E-state index is 11.8. The molecule has 1 saturated heterocycles. The van der Waals surface area contributed by atoms with Crippen LogP contribution in [0.3, 0.4) is 0 Å². The summed E-state index contributed by atoms with van der Waals surface area (Å²) in [7, 11) is 0. The van der Waals surface area contributed by atoms with E-state index in [9.17, 15) is 9.59 Å². The summed E-state index contributed by atoms with van der Waals surface area (Å²) in [6, 6.07) is 17.5. The van der Waals surface area contributed by atoms with E-state index < -0.39 is 12.2 Å². The molecule has 0 saturated carbocycles. The van der Waals surface area contributed by atoms with Gasteiger partial charge in [-0.2, -0.15) is 0 Å². The minimum atomic E-state index is -0.478. The van der Waals surface area contributed by atoms with Gasteiger partial charge < -0.3 is 14.2 Å². The number of ether oxygens (including phenoxy) is 3. The fourth-order valence-corrected chi connectivity index (χ4v) is 3.78. The van der Waals surface area contributed by atoms with Crippen molar-refractivity contribution in [2.75, 3.05) is 6.61 Å². The van der Waals surface area contributed by atoms with Gasteiger partial charge in [0.05, 0.1) is 6.10 Å². The van der Waals surface area contributed by atoms with Gasteiger partial charge in [-0.3, -0.25) is 9.59 Å². The predicted octanol–water partition coefficient (Wildman–Crippen LogP) is 4.29. The zero-order valence-corrected chi connectivity index (χ0v) is 18.3. The highest BCUT2D eigenvalue weighted by molar-refractivity contribution is 5.66. The third-order valence-electron chi connectivity index (χ3n) is 5.65. The quantitative estimate of drug-likeness (QED) is 0.545. The third-order valence-corrected chi connectivity index (χ3v) is 5.65. The van der Waals surface area contributed by atoms with Crippen LogP contribution in [0.25, 0.3) is 0 Å².